The van der Waals surface area contributed by atoms with Crippen molar-refractivity contribution < 1.29 is 14.6 Å². The number of aryl methyl sites for hydroxylation is 1. The first-order valence-electron chi connectivity index (χ1n) is 8.00. The summed E-state index contributed by atoms with van der Waals surface area (Å²) in [5, 5.41) is 9.30. The summed E-state index contributed by atoms with van der Waals surface area (Å²) in [5.74, 6) is 0.597. The molecule has 1 heterocycles. The summed E-state index contributed by atoms with van der Waals surface area (Å²) in [6.07, 6.45) is 2.08. The summed E-state index contributed by atoms with van der Waals surface area (Å²) < 4.78 is 7.39. The first-order chi connectivity index (χ1) is 11.0. The number of aliphatic hydroxyl groups excluding tert-OH is 1. The Hall–Kier alpha value is -1.92. The van der Waals surface area contributed by atoms with E-state index < -0.39 is 0 Å². The molecule has 1 amide bonds. The van der Waals surface area contributed by atoms with Gasteiger partial charge in [-0.25, -0.2) is 4.98 Å². The lowest BCUT2D eigenvalue weighted by Crippen LogP contribution is -2.48. The molecule has 0 aliphatic heterocycles. The van der Waals surface area contributed by atoms with Gasteiger partial charge in [-0.05, 0) is 38.0 Å². The highest BCUT2D eigenvalue weighted by molar-refractivity contribution is 5.97. The predicted octanol–water partition coefficient (Wildman–Crippen LogP) is 1.71. The number of imidazole rings is 1. The van der Waals surface area contributed by atoms with Crippen molar-refractivity contribution in [3.8, 4) is 0 Å². The highest BCUT2D eigenvalue weighted by Gasteiger charge is 2.34. The van der Waals surface area contributed by atoms with E-state index in [1.165, 1.54) is 0 Å². The number of amides is 1. The van der Waals surface area contributed by atoms with E-state index in [0.717, 1.165) is 30.5 Å². The van der Waals surface area contributed by atoms with Crippen molar-refractivity contribution in [1.82, 2.24) is 14.5 Å². The molecular formula is C17H23N3O3. The van der Waals surface area contributed by atoms with E-state index in [-0.39, 0.29) is 24.7 Å². The number of benzene rings is 1. The predicted molar refractivity (Wildman–Crippen MR) is 87.2 cm³/mol. The summed E-state index contributed by atoms with van der Waals surface area (Å²) in [6, 6.07) is 5.74. The molecule has 0 bridgehead atoms. The van der Waals surface area contributed by atoms with Gasteiger partial charge in [0.05, 0.1) is 17.1 Å². The zero-order chi connectivity index (χ0) is 16.6. The summed E-state index contributed by atoms with van der Waals surface area (Å²) in [7, 11) is 3.70. The van der Waals surface area contributed by atoms with Gasteiger partial charge >= 0.3 is 0 Å². The number of fused-ring (bicyclic) bond motifs is 1. The molecule has 1 aromatic carbocycles. The number of ether oxygens (including phenoxy) is 1. The Labute approximate surface area is 135 Å². The average Bonchev–Trinajstić information content (AvgIpc) is 2.84. The molecule has 0 atom stereocenters. The first-order valence-corrected chi connectivity index (χ1v) is 8.00. The van der Waals surface area contributed by atoms with Crippen molar-refractivity contribution in [2.24, 2.45) is 7.05 Å². The zero-order valence-electron chi connectivity index (χ0n) is 13.8. The summed E-state index contributed by atoms with van der Waals surface area (Å²) in [5.41, 5.74) is 2.27. The highest BCUT2D eigenvalue weighted by atomic mass is 16.5. The molecule has 0 radical (unpaired) electrons. The molecule has 3 rings (SSSR count). The minimum Gasteiger partial charge on any atom is -0.388 e. The molecule has 1 saturated carbocycles. The average molecular weight is 317 g/mol. The largest absolute Gasteiger partial charge is 0.388 e. The Morgan fingerprint density at radius 1 is 1.48 bits per heavy atom. The minimum atomic E-state index is -0.116. The van der Waals surface area contributed by atoms with Gasteiger partial charge in [0.25, 0.3) is 5.91 Å². The van der Waals surface area contributed by atoms with Crippen molar-refractivity contribution in [1.29, 1.82) is 0 Å². The van der Waals surface area contributed by atoms with Crippen LogP contribution in [0.25, 0.3) is 11.0 Å². The Morgan fingerprint density at radius 3 is 2.87 bits per heavy atom. The molecule has 1 aromatic heterocycles. The minimum absolute atomic E-state index is 0.00282. The van der Waals surface area contributed by atoms with Gasteiger partial charge in [-0.2, -0.15) is 0 Å². The third kappa shape index (κ3) is 2.84. The zero-order valence-corrected chi connectivity index (χ0v) is 13.8. The standard InChI is InChI=1S/C17H23N3O3/c1-4-23-13-8-12(9-13)19(2)17(22)11-5-6-15-14(7-11)18-16(10-21)20(15)3/h5-7,12-13,21H,4,8-10H2,1-3H3. The Bertz CT molecular complexity index is 719. The van der Waals surface area contributed by atoms with Crippen LogP contribution in [-0.2, 0) is 18.4 Å². The fourth-order valence-corrected chi connectivity index (χ4v) is 3.12. The van der Waals surface area contributed by atoms with Gasteiger partial charge < -0.3 is 19.3 Å². The van der Waals surface area contributed by atoms with Crippen LogP contribution >= 0.6 is 0 Å². The van der Waals surface area contributed by atoms with Crippen molar-refractivity contribution in [2.45, 2.75) is 38.5 Å². The molecule has 1 N–H and O–H groups in total. The second kappa shape index (κ2) is 6.29. The fourth-order valence-electron chi connectivity index (χ4n) is 3.12. The van der Waals surface area contributed by atoms with Gasteiger partial charge in [0.15, 0.2) is 0 Å². The lowest BCUT2D eigenvalue weighted by atomic mass is 9.87. The van der Waals surface area contributed by atoms with Gasteiger partial charge in [-0.1, -0.05) is 0 Å². The second-order valence-corrected chi connectivity index (χ2v) is 6.07. The van der Waals surface area contributed by atoms with E-state index in [9.17, 15) is 9.90 Å². The third-order valence-electron chi connectivity index (χ3n) is 4.70. The lowest BCUT2D eigenvalue weighted by molar-refractivity contribution is -0.0344. The van der Waals surface area contributed by atoms with Crippen LogP contribution in [0.1, 0.15) is 35.9 Å². The van der Waals surface area contributed by atoms with Crippen LogP contribution in [0.2, 0.25) is 0 Å². The summed E-state index contributed by atoms with van der Waals surface area (Å²) in [4.78, 5) is 18.8. The van der Waals surface area contributed by atoms with E-state index in [1.54, 1.807) is 11.0 Å². The Morgan fingerprint density at radius 2 is 2.22 bits per heavy atom. The number of carbonyl (C=O) groups is 1. The normalized spacial score (nSPS) is 20.5. The highest BCUT2D eigenvalue weighted by Crippen LogP contribution is 2.29. The van der Waals surface area contributed by atoms with Crippen LogP contribution in [0.4, 0.5) is 0 Å². The second-order valence-electron chi connectivity index (χ2n) is 6.07. The molecule has 1 aliphatic carbocycles. The number of hydrogen-bond acceptors (Lipinski definition) is 4. The van der Waals surface area contributed by atoms with Crippen LogP contribution in [0.5, 0.6) is 0 Å². The maximum atomic E-state index is 12.6. The van der Waals surface area contributed by atoms with E-state index in [4.69, 9.17) is 4.74 Å². The third-order valence-corrected chi connectivity index (χ3v) is 4.70. The van der Waals surface area contributed by atoms with Gasteiger partial charge in [0.2, 0.25) is 0 Å². The van der Waals surface area contributed by atoms with Crippen molar-refractivity contribution in [3.05, 3.63) is 29.6 Å². The molecular weight excluding hydrogens is 294 g/mol. The number of aliphatic hydroxyl groups is 1. The van der Waals surface area contributed by atoms with Crippen LogP contribution in [-0.4, -0.2) is 51.3 Å². The lowest BCUT2D eigenvalue weighted by Gasteiger charge is -2.40. The number of hydrogen-bond donors (Lipinski definition) is 1. The van der Waals surface area contributed by atoms with Crippen LogP contribution in [0.3, 0.4) is 0 Å². The maximum Gasteiger partial charge on any atom is 0.253 e. The number of nitrogens with zero attached hydrogens (tertiary/aromatic N) is 3. The smallest absolute Gasteiger partial charge is 0.253 e. The van der Waals surface area contributed by atoms with Gasteiger partial charge in [-0.3, -0.25) is 4.79 Å². The summed E-state index contributed by atoms with van der Waals surface area (Å²) >= 11 is 0. The first kappa shape index (κ1) is 16.0. The van der Waals surface area contributed by atoms with Crippen LogP contribution in [0.15, 0.2) is 18.2 Å². The Kier molecular flexibility index (Phi) is 4.37. The van der Waals surface area contributed by atoms with Crippen molar-refractivity contribution >= 4 is 16.9 Å². The molecule has 0 saturated heterocycles. The molecule has 1 fully saturated rings. The van der Waals surface area contributed by atoms with Crippen LogP contribution in [0, 0.1) is 0 Å². The monoisotopic (exact) mass is 317 g/mol. The van der Waals surface area contributed by atoms with Crippen molar-refractivity contribution in [2.75, 3.05) is 13.7 Å². The SMILES string of the molecule is CCOC1CC(N(C)C(=O)c2ccc3c(c2)nc(CO)n3C)C1. The topological polar surface area (TPSA) is 67.6 Å². The molecule has 0 unspecified atom stereocenters. The summed E-state index contributed by atoms with van der Waals surface area (Å²) in [6.45, 7) is 2.60. The number of aromatic nitrogens is 2. The van der Waals surface area contributed by atoms with E-state index in [2.05, 4.69) is 4.98 Å². The number of carbonyl (C=O) groups excluding carboxylic acids is 1. The molecule has 23 heavy (non-hydrogen) atoms. The maximum absolute atomic E-state index is 12.6. The molecule has 1 aliphatic rings. The molecule has 6 nitrogen and oxygen atoms in total. The molecule has 2 aromatic rings. The molecule has 124 valence electrons. The van der Waals surface area contributed by atoms with Gasteiger partial charge in [0, 0.05) is 32.3 Å². The Balaban J connectivity index is 1.76. The fraction of sp³-hybridized carbons (Fsp3) is 0.529. The molecule has 6 heteroatoms. The number of rotatable bonds is 5. The van der Waals surface area contributed by atoms with Gasteiger partial charge in [-0.15, -0.1) is 0 Å². The molecule has 0 spiro atoms. The van der Waals surface area contributed by atoms with Crippen molar-refractivity contribution in [3.63, 3.8) is 0 Å². The van der Waals surface area contributed by atoms with Crippen LogP contribution < -0.4 is 0 Å². The van der Waals surface area contributed by atoms with E-state index in [1.807, 2.05) is 37.7 Å². The van der Waals surface area contributed by atoms with Gasteiger partial charge in [0.1, 0.15) is 12.4 Å². The quantitative estimate of drug-likeness (QED) is 0.911. The van der Waals surface area contributed by atoms with E-state index >= 15 is 0 Å². The van der Waals surface area contributed by atoms with E-state index in [0.29, 0.717) is 11.4 Å².